The van der Waals surface area contributed by atoms with Crippen molar-refractivity contribution in [3.05, 3.63) is 102 Å². The van der Waals surface area contributed by atoms with Gasteiger partial charge in [0.15, 0.2) is 0 Å². The maximum Gasteiger partial charge on any atom is 0.573 e. The van der Waals surface area contributed by atoms with Crippen molar-refractivity contribution in [1.82, 2.24) is 15.0 Å². The number of ether oxygens (including phenoxy) is 2. The van der Waals surface area contributed by atoms with E-state index in [0.29, 0.717) is 12.3 Å². The highest BCUT2D eigenvalue weighted by Crippen LogP contribution is 2.37. The fourth-order valence-corrected chi connectivity index (χ4v) is 3.82. The van der Waals surface area contributed by atoms with Crippen LogP contribution < -0.4 is 14.8 Å². The first kappa shape index (κ1) is 26.4. The van der Waals surface area contributed by atoms with Gasteiger partial charge in [0.1, 0.15) is 17.3 Å². The molecule has 2 N–H and O–H groups in total. The second kappa shape index (κ2) is 11.2. The summed E-state index contributed by atoms with van der Waals surface area (Å²) in [6.45, 7) is 2.12. The van der Waals surface area contributed by atoms with Gasteiger partial charge in [-0.15, -0.1) is 13.2 Å². The maximum atomic E-state index is 12.7. The van der Waals surface area contributed by atoms with Gasteiger partial charge in [-0.3, -0.25) is 4.79 Å². The van der Waals surface area contributed by atoms with Gasteiger partial charge < -0.3 is 19.9 Å². The molecule has 0 radical (unpaired) electrons. The molecule has 0 saturated heterocycles. The minimum Gasteiger partial charge on any atom is -0.481 e. The van der Waals surface area contributed by atoms with Gasteiger partial charge in [-0.25, -0.2) is 9.97 Å². The molecule has 0 aliphatic carbocycles. The minimum absolute atomic E-state index is 0.0406. The maximum absolute atomic E-state index is 12.7. The molecular formula is C27H23F3N4O4. The van der Waals surface area contributed by atoms with Crippen molar-refractivity contribution in [3.63, 3.8) is 0 Å². The molecule has 0 saturated carbocycles. The van der Waals surface area contributed by atoms with Crippen LogP contribution in [0.3, 0.4) is 0 Å². The molecule has 1 atom stereocenters. The number of aliphatic carboxylic acids is 1. The fourth-order valence-electron chi connectivity index (χ4n) is 3.82. The first-order valence-corrected chi connectivity index (χ1v) is 11.4. The molecule has 0 fully saturated rings. The molecule has 1 unspecified atom stereocenters. The Morgan fingerprint density at radius 1 is 0.947 bits per heavy atom. The molecule has 38 heavy (non-hydrogen) atoms. The summed E-state index contributed by atoms with van der Waals surface area (Å²) in [4.78, 5) is 24.4. The lowest BCUT2D eigenvalue weighted by Gasteiger charge is -2.28. The quantitative estimate of drug-likeness (QED) is 0.262. The van der Waals surface area contributed by atoms with E-state index in [-0.39, 0.29) is 17.3 Å². The van der Waals surface area contributed by atoms with Crippen molar-refractivity contribution in [2.75, 3.05) is 5.32 Å². The van der Waals surface area contributed by atoms with Gasteiger partial charge >= 0.3 is 18.3 Å². The Morgan fingerprint density at radius 2 is 1.74 bits per heavy atom. The van der Waals surface area contributed by atoms with E-state index in [9.17, 15) is 23.1 Å². The molecule has 0 bridgehead atoms. The van der Waals surface area contributed by atoms with Gasteiger partial charge in [-0.05, 0) is 60.5 Å². The van der Waals surface area contributed by atoms with E-state index in [2.05, 4.69) is 25.0 Å². The Balaban J connectivity index is 1.54. The summed E-state index contributed by atoms with van der Waals surface area (Å²) in [7, 11) is 0. The van der Waals surface area contributed by atoms with Crippen molar-refractivity contribution in [2.24, 2.45) is 0 Å². The van der Waals surface area contributed by atoms with Crippen molar-refractivity contribution in [1.29, 1.82) is 0 Å². The molecule has 2 heterocycles. The number of carboxylic acid groups (broad SMARTS) is 1. The minimum atomic E-state index is -4.89. The summed E-state index contributed by atoms with van der Waals surface area (Å²) >= 11 is 0. The summed E-state index contributed by atoms with van der Waals surface area (Å²) in [5.41, 5.74) is 0.202. The summed E-state index contributed by atoms with van der Waals surface area (Å²) in [5, 5.41) is 12.8. The van der Waals surface area contributed by atoms with Crippen LogP contribution in [0.4, 0.5) is 19.0 Å². The first-order valence-electron chi connectivity index (χ1n) is 11.4. The number of nitrogens with zero attached hydrogens (tertiary/aromatic N) is 3. The van der Waals surface area contributed by atoms with Gasteiger partial charge in [-0.2, -0.15) is 4.98 Å². The molecule has 0 spiro atoms. The van der Waals surface area contributed by atoms with Crippen LogP contribution in [-0.2, 0) is 16.8 Å². The Bertz CT molecular complexity index is 1390. The van der Waals surface area contributed by atoms with Crippen LogP contribution in [0.5, 0.6) is 17.5 Å². The van der Waals surface area contributed by atoms with Crippen LogP contribution in [0, 0.1) is 0 Å². The number of rotatable bonds is 10. The van der Waals surface area contributed by atoms with Crippen molar-refractivity contribution in [2.45, 2.75) is 31.7 Å². The highest BCUT2D eigenvalue weighted by molar-refractivity contribution is 5.70. The molecule has 0 aliphatic heterocycles. The van der Waals surface area contributed by atoms with Crippen LogP contribution in [0.25, 0.3) is 0 Å². The number of carbonyl (C=O) groups is 1. The largest absolute Gasteiger partial charge is 0.573 e. The van der Waals surface area contributed by atoms with E-state index >= 15 is 0 Å². The van der Waals surface area contributed by atoms with E-state index in [1.807, 2.05) is 30.3 Å². The second-order valence-electron chi connectivity index (χ2n) is 8.52. The van der Waals surface area contributed by atoms with Crippen molar-refractivity contribution < 1.29 is 32.5 Å². The van der Waals surface area contributed by atoms with Crippen LogP contribution in [-0.4, -0.2) is 32.4 Å². The average molecular weight is 524 g/mol. The van der Waals surface area contributed by atoms with Gasteiger partial charge in [0, 0.05) is 24.4 Å². The summed E-state index contributed by atoms with van der Waals surface area (Å²) in [6, 6.07) is 19.4. The lowest BCUT2D eigenvalue weighted by atomic mass is 9.76. The zero-order chi connectivity index (χ0) is 27.2. The lowest BCUT2D eigenvalue weighted by Crippen LogP contribution is -2.29. The topological polar surface area (TPSA) is 106 Å². The third-order valence-corrected chi connectivity index (χ3v) is 5.68. The van der Waals surface area contributed by atoms with E-state index < -0.39 is 29.9 Å². The highest BCUT2D eigenvalue weighted by atomic mass is 19.4. The van der Waals surface area contributed by atoms with Crippen LogP contribution in [0.15, 0.2) is 85.2 Å². The van der Waals surface area contributed by atoms with Gasteiger partial charge in [0.05, 0.1) is 12.1 Å². The predicted octanol–water partition coefficient (Wildman–Crippen LogP) is 5.96. The normalized spacial score (nSPS) is 12.8. The lowest BCUT2D eigenvalue weighted by molar-refractivity contribution is -0.274. The summed E-state index contributed by atoms with van der Waals surface area (Å²) in [5.74, 6) is -0.428. The molecule has 4 rings (SSSR count). The molecule has 0 aliphatic rings. The predicted molar refractivity (Wildman–Crippen MR) is 132 cm³/mol. The number of aromatic nitrogens is 3. The van der Waals surface area contributed by atoms with Gasteiger partial charge in [-0.1, -0.05) is 30.3 Å². The third kappa shape index (κ3) is 6.96. The number of nitrogens with one attached hydrogen (secondary N) is 1. The number of pyridine rings is 1. The number of alkyl halides is 3. The number of carboxylic acids is 1. The van der Waals surface area contributed by atoms with Crippen molar-refractivity contribution >= 4 is 11.8 Å². The number of halogens is 3. The Hall–Kier alpha value is -4.67. The number of benzene rings is 2. The molecule has 0 amide bonds. The van der Waals surface area contributed by atoms with Gasteiger partial charge in [0.25, 0.3) is 0 Å². The number of hydrogen-bond donors (Lipinski definition) is 2. The van der Waals surface area contributed by atoms with Crippen molar-refractivity contribution in [3.8, 4) is 17.5 Å². The van der Waals surface area contributed by atoms with Crippen LogP contribution >= 0.6 is 0 Å². The Labute approximate surface area is 216 Å². The number of hydrogen-bond acceptors (Lipinski definition) is 7. The molecule has 2 aromatic carbocycles. The van der Waals surface area contributed by atoms with Crippen LogP contribution in [0.2, 0.25) is 0 Å². The van der Waals surface area contributed by atoms with E-state index in [1.54, 1.807) is 25.3 Å². The SMILES string of the molecule is CC(CC(=O)O)(c1cccc(OC(F)(F)F)c1)c1ccnc(Oc2ccc(CNc3ccccn3)cc2)n1. The molecule has 8 nitrogen and oxygen atoms in total. The Kier molecular flexibility index (Phi) is 7.75. The average Bonchev–Trinajstić information content (AvgIpc) is 2.88. The van der Waals surface area contributed by atoms with Crippen LogP contribution in [0.1, 0.15) is 30.2 Å². The number of anilines is 1. The third-order valence-electron chi connectivity index (χ3n) is 5.68. The summed E-state index contributed by atoms with van der Waals surface area (Å²) < 4.78 is 48.1. The molecule has 2 aromatic heterocycles. The summed E-state index contributed by atoms with van der Waals surface area (Å²) in [6.07, 6.45) is -2.24. The molecule has 11 heteroatoms. The zero-order valence-corrected chi connectivity index (χ0v) is 20.1. The second-order valence-corrected chi connectivity index (χ2v) is 8.52. The van der Waals surface area contributed by atoms with E-state index in [1.165, 1.54) is 24.4 Å². The van der Waals surface area contributed by atoms with E-state index in [0.717, 1.165) is 23.5 Å². The molecule has 196 valence electrons. The standard InChI is InChI=1S/C27H23F3N4O4/c1-26(16-24(35)36,19-5-4-6-21(15-19)38-27(28,29)30)22-12-14-32-25(34-22)37-20-10-8-18(9-11-20)17-33-23-7-2-3-13-31-23/h2-15H,16-17H2,1H3,(H,31,33)(H,35,36). The highest BCUT2D eigenvalue weighted by Gasteiger charge is 2.36. The molecular weight excluding hydrogens is 501 g/mol. The monoisotopic (exact) mass is 524 g/mol. The Morgan fingerprint density at radius 3 is 2.42 bits per heavy atom. The van der Waals surface area contributed by atoms with E-state index in [4.69, 9.17) is 4.74 Å². The molecule has 4 aromatic rings. The van der Waals surface area contributed by atoms with Gasteiger partial charge in [0.2, 0.25) is 0 Å². The first-order chi connectivity index (χ1) is 18.1. The smallest absolute Gasteiger partial charge is 0.481 e. The fraction of sp³-hybridized carbons (Fsp3) is 0.185. The zero-order valence-electron chi connectivity index (χ0n) is 20.1.